The Bertz CT molecular complexity index is 650. The molecule has 0 aliphatic heterocycles. The second-order valence-electron chi connectivity index (χ2n) is 4.19. The molecule has 2 heterocycles. The van der Waals surface area contributed by atoms with Gasteiger partial charge in [-0.2, -0.15) is 5.10 Å². The molecule has 0 atom stereocenters. The van der Waals surface area contributed by atoms with E-state index in [4.69, 9.17) is 5.73 Å². The number of nitrogen functional groups attached to an aromatic ring is 1. The Kier molecular flexibility index (Phi) is 3.57. The van der Waals surface area contributed by atoms with Crippen LogP contribution in [0.2, 0.25) is 0 Å². The van der Waals surface area contributed by atoms with Gasteiger partial charge in [-0.1, -0.05) is 0 Å². The lowest BCUT2D eigenvalue weighted by molar-refractivity contribution is 0.101. The molecule has 0 bridgehead atoms. The molecule has 2 aromatic rings. The minimum absolute atomic E-state index is 0.298. The zero-order chi connectivity index (χ0) is 14.2. The van der Waals surface area contributed by atoms with Crippen LogP contribution in [0.4, 0.5) is 11.4 Å². The Hall–Kier alpha value is -1.89. The van der Waals surface area contributed by atoms with Gasteiger partial charge in [0.15, 0.2) is 0 Å². The zero-order valence-corrected chi connectivity index (χ0v) is 12.4. The molecule has 0 saturated carbocycles. The molecule has 0 aliphatic rings. The van der Waals surface area contributed by atoms with Crippen molar-refractivity contribution in [3.05, 3.63) is 33.8 Å². The van der Waals surface area contributed by atoms with Crippen LogP contribution in [0.5, 0.6) is 0 Å². The quantitative estimate of drug-likeness (QED) is 0.828. The van der Waals surface area contributed by atoms with E-state index in [2.05, 4.69) is 31.3 Å². The number of halogens is 1. The lowest BCUT2D eigenvalue weighted by Crippen LogP contribution is -2.18. The molecule has 7 heteroatoms. The molecular formula is C12H14BrN5O. The Morgan fingerprint density at radius 2 is 2.05 bits per heavy atom. The molecule has 2 rings (SSSR count). The van der Waals surface area contributed by atoms with Gasteiger partial charge in [-0.15, -0.1) is 0 Å². The molecule has 1 amide bonds. The Labute approximate surface area is 119 Å². The number of rotatable bonds is 2. The molecule has 6 nitrogen and oxygen atoms in total. The number of nitrogens with two attached hydrogens (primary N) is 1. The number of aromatic nitrogens is 3. The molecule has 0 aromatic carbocycles. The van der Waals surface area contributed by atoms with Crippen LogP contribution < -0.4 is 11.1 Å². The first-order valence-corrected chi connectivity index (χ1v) is 6.43. The minimum Gasteiger partial charge on any atom is -0.395 e. The fourth-order valence-electron chi connectivity index (χ4n) is 1.79. The van der Waals surface area contributed by atoms with E-state index in [0.717, 1.165) is 10.3 Å². The van der Waals surface area contributed by atoms with Crippen molar-refractivity contribution in [1.82, 2.24) is 14.8 Å². The summed E-state index contributed by atoms with van der Waals surface area (Å²) in [5, 5.41) is 6.90. The molecule has 100 valence electrons. The average Bonchev–Trinajstić information content (AvgIpc) is 2.57. The minimum atomic E-state index is -0.298. The number of aryl methyl sites for hydroxylation is 3. The molecule has 0 saturated heterocycles. The molecule has 0 aliphatic carbocycles. The molecule has 0 fully saturated rings. The fraction of sp³-hybridized carbons (Fsp3) is 0.250. The number of carbonyl (C=O) groups is 1. The summed E-state index contributed by atoms with van der Waals surface area (Å²) in [6.45, 7) is 3.58. The molecule has 19 heavy (non-hydrogen) atoms. The Morgan fingerprint density at radius 1 is 1.37 bits per heavy atom. The maximum atomic E-state index is 12.2. The van der Waals surface area contributed by atoms with Crippen molar-refractivity contribution < 1.29 is 4.79 Å². The Morgan fingerprint density at radius 3 is 2.58 bits per heavy atom. The van der Waals surface area contributed by atoms with E-state index in [9.17, 15) is 4.79 Å². The van der Waals surface area contributed by atoms with Crippen molar-refractivity contribution >= 4 is 33.2 Å². The van der Waals surface area contributed by atoms with Crippen LogP contribution in [-0.2, 0) is 7.05 Å². The molecule has 0 unspecified atom stereocenters. The highest BCUT2D eigenvalue weighted by atomic mass is 79.9. The third kappa shape index (κ3) is 2.60. The fourth-order valence-corrected chi connectivity index (χ4v) is 2.19. The van der Waals surface area contributed by atoms with E-state index in [-0.39, 0.29) is 5.91 Å². The summed E-state index contributed by atoms with van der Waals surface area (Å²) in [4.78, 5) is 16.4. The highest BCUT2D eigenvalue weighted by Gasteiger charge is 2.18. The summed E-state index contributed by atoms with van der Waals surface area (Å²) < 4.78 is 2.20. The first-order valence-electron chi connectivity index (χ1n) is 5.63. The summed E-state index contributed by atoms with van der Waals surface area (Å²) in [5.41, 5.74) is 8.60. The first kappa shape index (κ1) is 13.5. The summed E-state index contributed by atoms with van der Waals surface area (Å²) in [5.74, 6) is -0.298. The largest absolute Gasteiger partial charge is 0.395 e. The van der Waals surface area contributed by atoms with Crippen molar-refractivity contribution in [3.63, 3.8) is 0 Å². The molecular weight excluding hydrogens is 310 g/mol. The number of carbonyl (C=O) groups excluding carboxylic acids is 1. The topological polar surface area (TPSA) is 85.8 Å². The van der Waals surface area contributed by atoms with Crippen LogP contribution in [-0.4, -0.2) is 20.7 Å². The maximum absolute atomic E-state index is 12.2. The SMILES string of the molecule is Cc1nc(Br)ccc1NC(=O)c1c(N)c(C)nn1C. The molecule has 0 spiro atoms. The smallest absolute Gasteiger partial charge is 0.276 e. The van der Waals surface area contributed by atoms with Crippen molar-refractivity contribution in [1.29, 1.82) is 0 Å². The maximum Gasteiger partial charge on any atom is 0.276 e. The summed E-state index contributed by atoms with van der Waals surface area (Å²) >= 11 is 3.28. The second kappa shape index (κ2) is 5.00. The number of hydrogen-bond donors (Lipinski definition) is 2. The van der Waals surface area contributed by atoms with Gasteiger partial charge in [0, 0.05) is 7.05 Å². The Balaban J connectivity index is 2.31. The van der Waals surface area contributed by atoms with Crippen molar-refractivity contribution in [2.75, 3.05) is 11.1 Å². The first-order chi connectivity index (χ1) is 8.90. The van der Waals surface area contributed by atoms with Crippen LogP contribution >= 0.6 is 15.9 Å². The highest BCUT2D eigenvalue weighted by molar-refractivity contribution is 9.10. The van der Waals surface area contributed by atoms with E-state index >= 15 is 0 Å². The second-order valence-corrected chi connectivity index (χ2v) is 5.00. The summed E-state index contributed by atoms with van der Waals surface area (Å²) in [6, 6.07) is 3.55. The summed E-state index contributed by atoms with van der Waals surface area (Å²) in [6.07, 6.45) is 0. The third-order valence-electron chi connectivity index (χ3n) is 2.78. The molecule has 3 N–H and O–H groups in total. The van der Waals surface area contributed by atoms with Gasteiger partial charge < -0.3 is 11.1 Å². The predicted octanol–water partition coefficient (Wildman–Crippen LogP) is 2.03. The van der Waals surface area contributed by atoms with E-state index in [0.29, 0.717) is 22.8 Å². The standard InChI is InChI=1S/C12H14BrN5O/c1-6-8(4-5-9(13)15-6)16-12(19)11-10(14)7(2)17-18(11)3/h4-5H,14H2,1-3H3,(H,16,19). The summed E-state index contributed by atoms with van der Waals surface area (Å²) in [7, 11) is 1.69. The highest BCUT2D eigenvalue weighted by Crippen LogP contribution is 2.20. The lowest BCUT2D eigenvalue weighted by Gasteiger charge is -2.08. The van der Waals surface area contributed by atoms with Gasteiger partial charge >= 0.3 is 0 Å². The normalized spacial score (nSPS) is 10.5. The van der Waals surface area contributed by atoms with E-state index in [1.807, 2.05) is 6.92 Å². The van der Waals surface area contributed by atoms with Gasteiger partial charge in [-0.05, 0) is 41.9 Å². The van der Waals surface area contributed by atoms with Crippen molar-refractivity contribution in [3.8, 4) is 0 Å². The third-order valence-corrected chi connectivity index (χ3v) is 3.23. The van der Waals surface area contributed by atoms with Gasteiger partial charge in [-0.3, -0.25) is 9.48 Å². The van der Waals surface area contributed by atoms with Crippen LogP contribution in [0.15, 0.2) is 16.7 Å². The van der Waals surface area contributed by atoms with Gasteiger partial charge in [-0.25, -0.2) is 4.98 Å². The van der Waals surface area contributed by atoms with Crippen LogP contribution in [0.3, 0.4) is 0 Å². The molecule has 0 radical (unpaired) electrons. The number of nitrogens with zero attached hydrogens (tertiary/aromatic N) is 3. The van der Waals surface area contributed by atoms with E-state index in [1.165, 1.54) is 4.68 Å². The van der Waals surface area contributed by atoms with Gasteiger partial charge in [0.05, 0.1) is 22.8 Å². The average molecular weight is 324 g/mol. The number of nitrogens with one attached hydrogen (secondary N) is 1. The van der Waals surface area contributed by atoms with Crippen molar-refractivity contribution in [2.45, 2.75) is 13.8 Å². The van der Waals surface area contributed by atoms with Crippen LogP contribution in [0.1, 0.15) is 21.9 Å². The van der Waals surface area contributed by atoms with Crippen LogP contribution in [0, 0.1) is 13.8 Å². The predicted molar refractivity (Wildman–Crippen MR) is 77.0 cm³/mol. The van der Waals surface area contributed by atoms with E-state index in [1.54, 1.807) is 26.1 Å². The van der Waals surface area contributed by atoms with Gasteiger partial charge in [0.2, 0.25) is 0 Å². The number of amides is 1. The van der Waals surface area contributed by atoms with Crippen LogP contribution in [0.25, 0.3) is 0 Å². The number of pyridine rings is 1. The monoisotopic (exact) mass is 323 g/mol. The van der Waals surface area contributed by atoms with Crippen molar-refractivity contribution in [2.24, 2.45) is 7.05 Å². The zero-order valence-electron chi connectivity index (χ0n) is 10.9. The van der Waals surface area contributed by atoms with Gasteiger partial charge in [0.1, 0.15) is 10.3 Å². The van der Waals surface area contributed by atoms with Gasteiger partial charge in [0.25, 0.3) is 5.91 Å². The molecule has 2 aromatic heterocycles. The lowest BCUT2D eigenvalue weighted by atomic mass is 10.2. The number of anilines is 2. The van der Waals surface area contributed by atoms with E-state index < -0.39 is 0 Å². The number of hydrogen-bond acceptors (Lipinski definition) is 4.